The molecule has 0 fully saturated rings. The van der Waals surface area contributed by atoms with Gasteiger partial charge in [-0.2, -0.15) is 0 Å². The third-order valence-electron chi connectivity index (χ3n) is 3.82. The van der Waals surface area contributed by atoms with Gasteiger partial charge in [-0.15, -0.1) is 0 Å². The number of carbonyl (C=O) groups is 3. The Labute approximate surface area is 150 Å². The van der Waals surface area contributed by atoms with Crippen LogP contribution in [0.5, 0.6) is 0 Å². The number of aromatic nitrogens is 2. The Morgan fingerprint density at radius 2 is 1.96 bits per heavy atom. The van der Waals surface area contributed by atoms with E-state index in [1.807, 2.05) is 0 Å². The molecule has 9 nitrogen and oxygen atoms in total. The molecule has 2 aromatic heterocycles. The summed E-state index contributed by atoms with van der Waals surface area (Å²) in [6.07, 6.45) is -0.763. The maximum absolute atomic E-state index is 12.5. The molecule has 0 bridgehead atoms. The normalized spacial score (nSPS) is 11.7. The summed E-state index contributed by atoms with van der Waals surface area (Å²) in [5.74, 6) is -1.04. The number of rotatable bonds is 6. The fraction of sp³-hybridized carbons (Fsp3) is 0.412. The monoisotopic (exact) mass is 363 g/mol. The van der Waals surface area contributed by atoms with Gasteiger partial charge < -0.3 is 24.3 Å². The van der Waals surface area contributed by atoms with Crippen molar-refractivity contribution in [3.8, 4) is 0 Å². The predicted octanol–water partition coefficient (Wildman–Crippen LogP) is 2.29. The van der Waals surface area contributed by atoms with Gasteiger partial charge in [0.2, 0.25) is 0 Å². The van der Waals surface area contributed by atoms with Gasteiger partial charge in [-0.1, -0.05) is 12.1 Å². The lowest BCUT2D eigenvalue weighted by molar-refractivity contribution is -0.124. The van der Waals surface area contributed by atoms with Gasteiger partial charge in [0.05, 0.1) is 12.7 Å². The highest BCUT2D eigenvalue weighted by atomic mass is 16.5. The summed E-state index contributed by atoms with van der Waals surface area (Å²) < 4.78 is 14.9. The molecule has 1 amide bonds. The summed E-state index contributed by atoms with van der Waals surface area (Å²) in [7, 11) is 1.26. The van der Waals surface area contributed by atoms with E-state index in [-0.39, 0.29) is 23.5 Å². The lowest BCUT2D eigenvalue weighted by Crippen LogP contribution is -2.32. The molecular formula is C17H21N3O6. The van der Waals surface area contributed by atoms with Crippen molar-refractivity contribution in [1.29, 1.82) is 0 Å². The Morgan fingerprint density at radius 1 is 1.27 bits per heavy atom. The number of aryl methyl sites for hydroxylation is 2. The number of carbonyl (C=O) groups excluding carboxylic acids is 3. The highest BCUT2D eigenvalue weighted by molar-refractivity contribution is 6.00. The highest BCUT2D eigenvalue weighted by Gasteiger charge is 2.27. The predicted molar refractivity (Wildman–Crippen MR) is 91.0 cm³/mol. The largest absolute Gasteiger partial charge is 0.465 e. The van der Waals surface area contributed by atoms with Gasteiger partial charge in [0, 0.05) is 11.8 Å². The Bertz CT molecular complexity index is 836. The molecule has 2 rings (SSSR count). The summed E-state index contributed by atoms with van der Waals surface area (Å²) in [6.45, 7) is 6.64. The molecule has 2 heterocycles. The molecular weight excluding hydrogens is 342 g/mol. The average molecular weight is 363 g/mol. The number of methoxy groups -OCH3 is 1. The molecule has 2 N–H and O–H groups in total. The minimum absolute atomic E-state index is 0.103. The van der Waals surface area contributed by atoms with Crippen molar-refractivity contribution in [2.24, 2.45) is 0 Å². The molecule has 0 aliphatic heterocycles. The van der Waals surface area contributed by atoms with Crippen LogP contribution in [0.4, 0.5) is 5.82 Å². The summed E-state index contributed by atoms with van der Waals surface area (Å²) >= 11 is 0. The molecule has 9 heteroatoms. The lowest BCUT2D eigenvalue weighted by atomic mass is 10.1. The van der Waals surface area contributed by atoms with Gasteiger partial charge in [0.25, 0.3) is 5.91 Å². The van der Waals surface area contributed by atoms with Crippen LogP contribution in [0.25, 0.3) is 0 Å². The van der Waals surface area contributed by atoms with Crippen molar-refractivity contribution < 1.29 is 28.4 Å². The second kappa shape index (κ2) is 7.85. The van der Waals surface area contributed by atoms with Gasteiger partial charge in [0.15, 0.2) is 11.9 Å². The zero-order chi connectivity index (χ0) is 19.4. The Balaban J connectivity index is 2.14. The molecule has 1 unspecified atom stereocenters. The van der Waals surface area contributed by atoms with E-state index < -0.39 is 23.9 Å². The van der Waals surface area contributed by atoms with Crippen LogP contribution < -0.4 is 5.32 Å². The van der Waals surface area contributed by atoms with E-state index in [1.54, 1.807) is 33.8 Å². The van der Waals surface area contributed by atoms with Crippen LogP contribution in [-0.4, -0.2) is 41.2 Å². The Hall–Kier alpha value is -3.10. The van der Waals surface area contributed by atoms with Crippen LogP contribution >= 0.6 is 0 Å². The minimum Gasteiger partial charge on any atom is -0.465 e. The topological polar surface area (TPSA) is 124 Å². The quantitative estimate of drug-likeness (QED) is 0.755. The van der Waals surface area contributed by atoms with Crippen LogP contribution in [0.15, 0.2) is 10.6 Å². The number of hydrogen-bond donors (Lipinski definition) is 2. The molecule has 0 aliphatic carbocycles. The first kappa shape index (κ1) is 19.2. The van der Waals surface area contributed by atoms with Crippen molar-refractivity contribution >= 4 is 23.7 Å². The maximum atomic E-state index is 12.5. The van der Waals surface area contributed by atoms with Crippen molar-refractivity contribution in [3.63, 3.8) is 0 Å². The second-order valence-electron chi connectivity index (χ2n) is 5.73. The minimum atomic E-state index is -1.02. The van der Waals surface area contributed by atoms with Crippen LogP contribution in [0.3, 0.4) is 0 Å². The summed E-state index contributed by atoms with van der Waals surface area (Å²) in [5, 5.41) is 6.19. The first-order valence-corrected chi connectivity index (χ1v) is 8.01. The van der Waals surface area contributed by atoms with E-state index in [2.05, 4.69) is 15.5 Å². The number of hydrogen-bond acceptors (Lipinski definition) is 7. The summed E-state index contributed by atoms with van der Waals surface area (Å²) in [5.41, 5.74) is 1.26. The SMILES string of the molecule is CCC(OC(=O)c1[nH]c(C)c(C(=O)OC)c1C)C(=O)Nc1cc(C)on1. The van der Waals surface area contributed by atoms with Crippen molar-refractivity contribution in [2.45, 2.75) is 40.2 Å². The van der Waals surface area contributed by atoms with Crippen molar-refractivity contribution in [3.05, 3.63) is 34.3 Å². The molecule has 140 valence electrons. The highest BCUT2D eigenvalue weighted by Crippen LogP contribution is 2.20. The lowest BCUT2D eigenvalue weighted by Gasteiger charge is -2.15. The fourth-order valence-corrected chi connectivity index (χ4v) is 2.50. The zero-order valence-corrected chi connectivity index (χ0v) is 15.3. The number of nitrogens with one attached hydrogen (secondary N) is 2. The number of amides is 1. The standard InChI is InChI=1S/C17H21N3O6/c1-6-11(15(21)19-12-7-8(2)26-20-12)25-17(23)14-9(3)13(10(4)18-14)16(22)24-5/h7,11,18H,6H2,1-5H3,(H,19,20,21). The zero-order valence-electron chi connectivity index (χ0n) is 15.3. The van der Waals surface area contributed by atoms with Crippen LogP contribution in [0.2, 0.25) is 0 Å². The molecule has 0 aliphatic rings. The number of aromatic amines is 1. The first-order valence-electron chi connectivity index (χ1n) is 8.01. The van der Waals surface area contributed by atoms with E-state index in [9.17, 15) is 14.4 Å². The van der Waals surface area contributed by atoms with Crippen LogP contribution in [0, 0.1) is 20.8 Å². The van der Waals surface area contributed by atoms with E-state index >= 15 is 0 Å². The first-order chi connectivity index (χ1) is 12.3. The molecule has 26 heavy (non-hydrogen) atoms. The summed E-state index contributed by atoms with van der Waals surface area (Å²) in [4.78, 5) is 39.4. The van der Waals surface area contributed by atoms with Gasteiger partial charge in [-0.3, -0.25) is 4.79 Å². The van der Waals surface area contributed by atoms with Crippen LogP contribution in [0.1, 0.15) is 51.2 Å². The molecule has 0 radical (unpaired) electrons. The van der Waals surface area contributed by atoms with E-state index in [0.29, 0.717) is 17.0 Å². The Morgan fingerprint density at radius 3 is 2.50 bits per heavy atom. The molecule has 0 saturated carbocycles. The molecule has 1 atom stereocenters. The van der Waals surface area contributed by atoms with Gasteiger partial charge in [0.1, 0.15) is 11.5 Å². The van der Waals surface area contributed by atoms with Gasteiger partial charge in [-0.25, -0.2) is 9.59 Å². The number of ether oxygens (including phenoxy) is 2. The maximum Gasteiger partial charge on any atom is 0.355 e. The summed E-state index contributed by atoms with van der Waals surface area (Å²) in [6, 6.07) is 1.55. The van der Waals surface area contributed by atoms with Crippen LogP contribution in [-0.2, 0) is 14.3 Å². The number of H-pyrrole nitrogens is 1. The smallest absolute Gasteiger partial charge is 0.355 e. The molecule has 0 spiro atoms. The van der Waals surface area contributed by atoms with Gasteiger partial charge >= 0.3 is 11.9 Å². The van der Waals surface area contributed by atoms with Crippen molar-refractivity contribution in [1.82, 2.24) is 10.1 Å². The van der Waals surface area contributed by atoms with E-state index in [4.69, 9.17) is 14.0 Å². The van der Waals surface area contributed by atoms with Crippen molar-refractivity contribution in [2.75, 3.05) is 12.4 Å². The number of nitrogens with zero attached hydrogens (tertiary/aromatic N) is 1. The second-order valence-corrected chi connectivity index (χ2v) is 5.73. The number of anilines is 1. The molecule has 2 aromatic rings. The molecule has 0 saturated heterocycles. The molecule has 0 aromatic carbocycles. The Kier molecular flexibility index (Phi) is 5.81. The van der Waals surface area contributed by atoms with E-state index in [1.165, 1.54) is 7.11 Å². The average Bonchev–Trinajstić information content (AvgIpc) is 3.14. The van der Waals surface area contributed by atoms with E-state index in [0.717, 1.165) is 0 Å². The van der Waals surface area contributed by atoms with Gasteiger partial charge in [-0.05, 0) is 32.8 Å². The fourth-order valence-electron chi connectivity index (χ4n) is 2.50. The third-order valence-corrected chi connectivity index (χ3v) is 3.82. The third kappa shape index (κ3) is 3.93. The number of esters is 2.